The Balaban J connectivity index is 1.95. The average Bonchev–Trinajstić information content (AvgIpc) is 3.05. The van der Waals surface area contributed by atoms with Gasteiger partial charge in [0.05, 0.1) is 6.54 Å². The molecular weight excluding hydrogens is 280 g/mol. The number of rotatable bonds is 5. The molecule has 106 valence electrons. The van der Waals surface area contributed by atoms with Gasteiger partial charge in [-0.05, 0) is 12.1 Å². The van der Waals surface area contributed by atoms with Crippen molar-refractivity contribution in [2.75, 3.05) is 0 Å². The molecule has 0 bridgehead atoms. The Morgan fingerprint density at radius 2 is 2.20 bits per heavy atom. The van der Waals surface area contributed by atoms with E-state index in [0.717, 1.165) is 16.2 Å². The molecule has 0 atom stereocenters. The van der Waals surface area contributed by atoms with Crippen molar-refractivity contribution in [2.45, 2.75) is 26.3 Å². The van der Waals surface area contributed by atoms with E-state index < -0.39 is 5.97 Å². The molecule has 1 amide bonds. The molecule has 0 aliphatic heterocycles. The van der Waals surface area contributed by atoms with Gasteiger partial charge >= 0.3 is 5.97 Å². The van der Waals surface area contributed by atoms with Crippen LogP contribution in [-0.2, 0) is 6.54 Å². The molecule has 0 saturated carbocycles. The number of nitrogens with zero attached hydrogens (tertiary/aromatic N) is 1. The van der Waals surface area contributed by atoms with Gasteiger partial charge in [-0.3, -0.25) is 4.79 Å². The highest BCUT2D eigenvalue weighted by atomic mass is 32.1. The maximum absolute atomic E-state index is 11.8. The van der Waals surface area contributed by atoms with Gasteiger partial charge < -0.3 is 14.9 Å². The molecule has 2 aromatic rings. The average molecular weight is 294 g/mol. The van der Waals surface area contributed by atoms with Crippen LogP contribution >= 0.6 is 11.3 Å². The Labute approximate surface area is 119 Å². The van der Waals surface area contributed by atoms with Crippen LogP contribution < -0.4 is 5.32 Å². The SMILES string of the molecule is CC(C)c1cc(C(=O)NCc2ccc(C(=O)O)s2)no1. The topological polar surface area (TPSA) is 92.4 Å². The Morgan fingerprint density at radius 3 is 2.75 bits per heavy atom. The molecular formula is C13H14N2O4S. The molecule has 0 saturated heterocycles. The number of carbonyl (C=O) groups excluding carboxylic acids is 1. The number of carboxylic acids is 1. The lowest BCUT2D eigenvalue weighted by Gasteiger charge is -1.99. The fraction of sp³-hybridized carbons (Fsp3) is 0.308. The number of hydrogen-bond donors (Lipinski definition) is 2. The largest absolute Gasteiger partial charge is 0.477 e. The van der Waals surface area contributed by atoms with Gasteiger partial charge in [-0.1, -0.05) is 19.0 Å². The summed E-state index contributed by atoms with van der Waals surface area (Å²) in [6.45, 7) is 4.16. The van der Waals surface area contributed by atoms with Crippen molar-refractivity contribution in [3.63, 3.8) is 0 Å². The summed E-state index contributed by atoms with van der Waals surface area (Å²) in [7, 11) is 0. The van der Waals surface area contributed by atoms with E-state index in [9.17, 15) is 9.59 Å². The molecule has 0 spiro atoms. The summed E-state index contributed by atoms with van der Waals surface area (Å²) in [6, 6.07) is 4.80. The van der Waals surface area contributed by atoms with Gasteiger partial charge in [-0.25, -0.2) is 4.79 Å². The Kier molecular flexibility index (Phi) is 4.19. The molecule has 7 heteroatoms. The molecule has 2 heterocycles. The number of aromatic carboxylic acids is 1. The zero-order chi connectivity index (χ0) is 14.7. The number of amides is 1. The quantitative estimate of drug-likeness (QED) is 0.883. The normalized spacial score (nSPS) is 10.8. The van der Waals surface area contributed by atoms with Crippen molar-refractivity contribution in [3.05, 3.63) is 39.4 Å². The van der Waals surface area contributed by atoms with Crippen LogP contribution in [0.1, 0.15) is 50.6 Å². The molecule has 2 N–H and O–H groups in total. The van der Waals surface area contributed by atoms with Gasteiger partial charge in [0.1, 0.15) is 10.6 Å². The van der Waals surface area contributed by atoms with E-state index in [1.54, 1.807) is 12.1 Å². The zero-order valence-electron chi connectivity index (χ0n) is 11.0. The number of carbonyl (C=O) groups is 2. The van der Waals surface area contributed by atoms with Crippen molar-refractivity contribution in [2.24, 2.45) is 0 Å². The molecule has 20 heavy (non-hydrogen) atoms. The Bertz CT molecular complexity index is 630. The molecule has 0 radical (unpaired) electrons. The summed E-state index contributed by atoms with van der Waals surface area (Å²) in [4.78, 5) is 23.6. The maximum Gasteiger partial charge on any atom is 0.345 e. The first-order chi connectivity index (χ1) is 9.47. The van der Waals surface area contributed by atoms with E-state index in [2.05, 4.69) is 10.5 Å². The number of thiophene rings is 1. The molecule has 2 aromatic heterocycles. The predicted molar refractivity (Wildman–Crippen MR) is 73.0 cm³/mol. The van der Waals surface area contributed by atoms with Gasteiger partial charge in [-0.15, -0.1) is 11.3 Å². The Morgan fingerprint density at radius 1 is 1.45 bits per heavy atom. The third-order valence-corrected chi connectivity index (χ3v) is 3.70. The van der Waals surface area contributed by atoms with Crippen LogP contribution in [0.5, 0.6) is 0 Å². The van der Waals surface area contributed by atoms with E-state index in [4.69, 9.17) is 9.63 Å². The second-order valence-electron chi connectivity index (χ2n) is 4.52. The van der Waals surface area contributed by atoms with Gasteiger partial charge in [-0.2, -0.15) is 0 Å². The fourth-order valence-electron chi connectivity index (χ4n) is 1.51. The number of carboxylic acid groups (broad SMARTS) is 1. The van der Waals surface area contributed by atoms with Crippen molar-refractivity contribution >= 4 is 23.2 Å². The third kappa shape index (κ3) is 3.24. The molecule has 0 aliphatic rings. The third-order valence-electron chi connectivity index (χ3n) is 2.63. The first-order valence-electron chi connectivity index (χ1n) is 6.04. The lowest BCUT2D eigenvalue weighted by Crippen LogP contribution is -2.22. The molecule has 0 unspecified atom stereocenters. The summed E-state index contributed by atoms with van der Waals surface area (Å²) in [5, 5.41) is 15.2. The van der Waals surface area contributed by atoms with Gasteiger partial charge in [0.15, 0.2) is 5.69 Å². The van der Waals surface area contributed by atoms with Crippen molar-refractivity contribution in [1.82, 2.24) is 10.5 Å². The lowest BCUT2D eigenvalue weighted by molar-refractivity contribution is 0.0702. The monoisotopic (exact) mass is 294 g/mol. The highest BCUT2D eigenvalue weighted by molar-refractivity contribution is 7.13. The van der Waals surface area contributed by atoms with Crippen molar-refractivity contribution < 1.29 is 19.2 Å². The minimum absolute atomic E-state index is 0.166. The number of aromatic nitrogens is 1. The number of hydrogen-bond acceptors (Lipinski definition) is 5. The molecule has 0 fully saturated rings. The van der Waals surface area contributed by atoms with Crippen LogP contribution in [0.25, 0.3) is 0 Å². The van der Waals surface area contributed by atoms with Gasteiger partial charge in [0.2, 0.25) is 0 Å². The van der Waals surface area contributed by atoms with Crippen molar-refractivity contribution in [3.8, 4) is 0 Å². The first-order valence-corrected chi connectivity index (χ1v) is 6.86. The van der Waals surface area contributed by atoms with Crippen LogP contribution in [0.3, 0.4) is 0 Å². The molecule has 2 rings (SSSR count). The van der Waals surface area contributed by atoms with Crippen LogP contribution in [0.4, 0.5) is 0 Å². The first kappa shape index (κ1) is 14.3. The summed E-state index contributed by atoms with van der Waals surface area (Å²) in [5.74, 6) is -0.490. The van der Waals surface area contributed by atoms with E-state index in [1.807, 2.05) is 13.8 Å². The maximum atomic E-state index is 11.8. The summed E-state index contributed by atoms with van der Waals surface area (Å²) < 4.78 is 5.05. The van der Waals surface area contributed by atoms with Crippen LogP contribution in [-0.4, -0.2) is 22.1 Å². The standard InChI is InChI=1S/C13H14N2O4S/c1-7(2)10-5-9(15-19-10)12(16)14-6-8-3-4-11(20-8)13(17)18/h3-5,7H,6H2,1-2H3,(H,14,16)(H,17,18). The summed E-state index contributed by atoms with van der Waals surface area (Å²) in [6.07, 6.45) is 0. The lowest BCUT2D eigenvalue weighted by atomic mass is 10.1. The van der Waals surface area contributed by atoms with Crippen molar-refractivity contribution in [1.29, 1.82) is 0 Å². The summed E-state index contributed by atoms with van der Waals surface area (Å²) >= 11 is 1.13. The van der Waals surface area contributed by atoms with Gasteiger partial charge in [0, 0.05) is 16.9 Å². The molecule has 0 aromatic carbocycles. The zero-order valence-corrected chi connectivity index (χ0v) is 11.9. The fourth-order valence-corrected chi connectivity index (χ4v) is 2.30. The van der Waals surface area contributed by atoms with E-state index >= 15 is 0 Å². The van der Waals surface area contributed by atoms with E-state index in [1.165, 1.54) is 6.07 Å². The van der Waals surface area contributed by atoms with E-state index in [-0.39, 0.29) is 28.9 Å². The minimum Gasteiger partial charge on any atom is -0.477 e. The Hall–Kier alpha value is -2.15. The molecule has 0 aliphatic carbocycles. The predicted octanol–water partition coefficient (Wildman–Crippen LogP) is 2.49. The minimum atomic E-state index is -0.967. The van der Waals surface area contributed by atoms with Crippen LogP contribution in [0.15, 0.2) is 22.7 Å². The summed E-state index contributed by atoms with van der Waals surface area (Å²) in [5.41, 5.74) is 0.226. The second-order valence-corrected chi connectivity index (χ2v) is 5.69. The van der Waals surface area contributed by atoms with Gasteiger partial charge in [0.25, 0.3) is 5.91 Å². The van der Waals surface area contributed by atoms with Crippen LogP contribution in [0, 0.1) is 0 Å². The number of nitrogens with one attached hydrogen (secondary N) is 1. The van der Waals surface area contributed by atoms with E-state index in [0.29, 0.717) is 5.76 Å². The highest BCUT2D eigenvalue weighted by Gasteiger charge is 2.14. The smallest absolute Gasteiger partial charge is 0.345 e. The molecule has 6 nitrogen and oxygen atoms in total. The second kappa shape index (κ2) is 5.87. The highest BCUT2D eigenvalue weighted by Crippen LogP contribution is 2.17. The van der Waals surface area contributed by atoms with Crippen LogP contribution in [0.2, 0.25) is 0 Å².